The van der Waals surface area contributed by atoms with E-state index in [0.29, 0.717) is 30.8 Å². The molecule has 0 aromatic rings. The van der Waals surface area contributed by atoms with Gasteiger partial charge in [0.2, 0.25) is 0 Å². The van der Waals surface area contributed by atoms with Gasteiger partial charge in [-0.2, -0.15) is 0 Å². The van der Waals surface area contributed by atoms with Crippen molar-refractivity contribution in [2.24, 2.45) is 50.7 Å². The van der Waals surface area contributed by atoms with E-state index in [1.165, 1.54) is 25.3 Å². The first-order valence-electron chi connectivity index (χ1n) is 15.6. The Kier molecular flexibility index (Phi) is 6.79. The van der Waals surface area contributed by atoms with E-state index >= 15 is 0 Å². The molecule has 0 spiro atoms. The van der Waals surface area contributed by atoms with Crippen LogP contribution in [0.3, 0.4) is 0 Å². The summed E-state index contributed by atoms with van der Waals surface area (Å²) in [5.41, 5.74) is 2.51. The summed E-state index contributed by atoms with van der Waals surface area (Å²) >= 11 is 0. The second-order valence-corrected chi connectivity index (χ2v) is 15.7. The second kappa shape index (κ2) is 9.18. The number of fused-ring (bicyclic) bond motifs is 7. The van der Waals surface area contributed by atoms with Gasteiger partial charge >= 0.3 is 11.9 Å². The topological polar surface area (TPSA) is 69.7 Å². The molecule has 5 aliphatic carbocycles. The summed E-state index contributed by atoms with van der Waals surface area (Å²) < 4.78 is 11.6. The van der Waals surface area contributed by atoms with Crippen LogP contribution in [0, 0.1) is 50.7 Å². The normalized spacial score (nSPS) is 44.7. The van der Waals surface area contributed by atoms with E-state index in [1.54, 1.807) is 6.92 Å². The Morgan fingerprint density at radius 3 is 2.15 bits per heavy atom. The summed E-state index contributed by atoms with van der Waals surface area (Å²) in [7, 11) is 0. The van der Waals surface area contributed by atoms with Gasteiger partial charge in [0.1, 0.15) is 12.7 Å². The third-order valence-corrected chi connectivity index (χ3v) is 13.4. The monoisotopic (exact) mass is 540 g/mol. The molecule has 0 radical (unpaired) electrons. The lowest BCUT2D eigenvalue weighted by molar-refractivity contribution is -0.233. The molecule has 39 heavy (non-hydrogen) atoms. The first-order chi connectivity index (χ1) is 18.0. The maximum absolute atomic E-state index is 13.6. The minimum atomic E-state index is -0.319. The van der Waals surface area contributed by atoms with Crippen LogP contribution in [0.4, 0.5) is 0 Å². The van der Waals surface area contributed by atoms with Crippen molar-refractivity contribution in [1.82, 2.24) is 0 Å². The Morgan fingerprint density at radius 1 is 0.846 bits per heavy atom. The first-order valence-corrected chi connectivity index (χ1v) is 15.6. The van der Waals surface area contributed by atoms with Gasteiger partial charge in [0, 0.05) is 31.1 Å². The van der Waals surface area contributed by atoms with Crippen molar-refractivity contribution in [3.63, 3.8) is 0 Å². The quantitative estimate of drug-likeness (QED) is 0.346. The number of Topliss-reactive ketones (excluding diaryl/α,β-unsaturated/α-hetero) is 1. The minimum absolute atomic E-state index is 0.0100. The second-order valence-electron chi connectivity index (χ2n) is 15.7. The van der Waals surface area contributed by atoms with Gasteiger partial charge in [0.25, 0.3) is 0 Å². The molecular formula is C34H52O5. The van der Waals surface area contributed by atoms with Gasteiger partial charge < -0.3 is 9.47 Å². The molecule has 0 amide bonds. The van der Waals surface area contributed by atoms with Crippen LogP contribution in [-0.4, -0.2) is 30.4 Å². The van der Waals surface area contributed by atoms with Crippen LogP contribution in [0.15, 0.2) is 11.1 Å². The number of esters is 2. The number of ketones is 1. The van der Waals surface area contributed by atoms with Gasteiger partial charge in [0.05, 0.1) is 0 Å². The molecule has 5 nitrogen and oxygen atoms in total. The molecular weight excluding hydrogens is 488 g/mol. The standard InChI is InChI=1S/C34H52O5/c1-20(2)28-24(37)18-34(19-38-21(3)35)17-16-32(8)23(29(28)34)10-11-26-31(7)14-13-27(39-22(4)36)30(5,6)25(31)12-15-33(26,32)9/h20,23,25-27H,10-19H2,1-9H3/t23?,25?,26?,27-,31-,32+,33+,34-/m0/s1. The van der Waals surface area contributed by atoms with Gasteiger partial charge in [-0.1, -0.05) is 48.5 Å². The number of ether oxygens (including phenoxy) is 2. The molecule has 0 N–H and O–H groups in total. The SMILES string of the molecule is CC(=O)OC[C@@]12CC[C@]3(C)C(CCC4[C@@]5(C)CC[C@H](OC(C)=O)C(C)(C)C5CC[C@]43C)C1=C(C(C)C)C(=O)C2. The van der Waals surface area contributed by atoms with E-state index in [-0.39, 0.29) is 56.8 Å². The average Bonchev–Trinajstić information content (AvgIpc) is 3.12. The fourth-order valence-electron chi connectivity index (χ4n) is 11.5. The summed E-state index contributed by atoms with van der Waals surface area (Å²) in [6.45, 7) is 20.1. The highest BCUT2D eigenvalue weighted by Gasteiger charge is 2.70. The molecule has 0 heterocycles. The molecule has 0 aromatic carbocycles. The zero-order valence-electron chi connectivity index (χ0n) is 26.0. The number of hydrogen-bond donors (Lipinski definition) is 0. The van der Waals surface area contributed by atoms with Crippen molar-refractivity contribution in [2.45, 2.75) is 126 Å². The third kappa shape index (κ3) is 3.94. The summed E-state index contributed by atoms with van der Waals surface area (Å²) in [6, 6.07) is 0. The fraction of sp³-hybridized carbons (Fsp3) is 0.853. The maximum Gasteiger partial charge on any atom is 0.302 e. The van der Waals surface area contributed by atoms with Crippen molar-refractivity contribution >= 4 is 17.7 Å². The Labute approximate surface area is 236 Å². The van der Waals surface area contributed by atoms with Crippen LogP contribution in [0.5, 0.6) is 0 Å². The summed E-state index contributed by atoms with van der Waals surface area (Å²) in [5, 5.41) is 0. The smallest absolute Gasteiger partial charge is 0.302 e. The molecule has 0 aliphatic heterocycles. The molecule has 5 heteroatoms. The first kappa shape index (κ1) is 28.9. The van der Waals surface area contributed by atoms with E-state index in [2.05, 4.69) is 48.5 Å². The van der Waals surface area contributed by atoms with Crippen molar-refractivity contribution in [3.8, 4) is 0 Å². The zero-order chi connectivity index (χ0) is 28.8. The predicted molar refractivity (Wildman–Crippen MR) is 152 cm³/mol. The molecule has 4 saturated carbocycles. The Bertz CT molecular complexity index is 1100. The third-order valence-electron chi connectivity index (χ3n) is 13.4. The summed E-state index contributed by atoms with van der Waals surface area (Å²) in [6.07, 6.45) is 9.15. The van der Waals surface area contributed by atoms with Crippen molar-refractivity contribution in [3.05, 3.63) is 11.1 Å². The highest BCUT2D eigenvalue weighted by atomic mass is 16.5. The molecule has 0 saturated heterocycles. The van der Waals surface area contributed by atoms with Crippen LogP contribution in [0.25, 0.3) is 0 Å². The lowest BCUT2D eigenvalue weighted by Gasteiger charge is -2.72. The van der Waals surface area contributed by atoms with Gasteiger partial charge in [-0.3, -0.25) is 14.4 Å². The van der Waals surface area contributed by atoms with Gasteiger partial charge in [0.15, 0.2) is 5.78 Å². The van der Waals surface area contributed by atoms with Crippen molar-refractivity contribution < 1.29 is 23.9 Å². The largest absolute Gasteiger partial charge is 0.465 e. The van der Waals surface area contributed by atoms with Crippen molar-refractivity contribution in [1.29, 1.82) is 0 Å². The zero-order valence-corrected chi connectivity index (χ0v) is 26.0. The highest BCUT2D eigenvalue weighted by molar-refractivity contribution is 6.00. The van der Waals surface area contributed by atoms with Crippen LogP contribution < -0.4 is 0 Å². The van der Waals surface area contributed by atoms with E-state index in [9.17, 15) is 14.4 Å². The molecule has 5 rings (SSSR count). The molecule has 8 atom stereocenters. The van der Waals surface area contributed by atoms with Gasteiger partial charge in [-0.25, -0.2) is 0 Å². The van der Waals surface area contributed by atoms with Crippen molar-refractivity contribution in [2.75, 3.05) is 6.61 Å². The fourth-order valence-corrected chi connectivity index (χ4v) is 11.5. The van der Waals surface area contributed by atoms with Gasteiger partial charge in [-0.05, 0) is 102 Å². The van der Waals surface area contributed by atoms with E-state index in [0.717, 1.165) is 44.1 Å². The van der Waals surface area contributed by atoms with E-state index < -0.39 is 0 Å². The number of allylic oxidation sites excluding steroid dienone is 1. The van der Waals surface area contributed by atoms with Gasteiger partial charge in [-0.15, -0.1) is 0 Å². The highest BCUT2D eigenvalue weighted by Crippen LogP contribution is 2.76. The average molecular weight is 541 g/mol. The number of carbonyl (C=O) groups is 3. The Balaban J connectivity index is 1.54. The summed E-state index contributed by atoms with van der Waals surface area (Å²) in [4.78, 5) is 37.4. The Morgan fingerprint density at radius 2 is 1.54 bits per heavy atom. The van der Waals surface area contributed by atoms with Crippen LogP contribution >= 0.6 is 0 Å². The van der Waals surface area contributed by atoms with Crippen LogP contribution in [-0.2, 0) is 23.9 Å². The molecule has 5 aliphatic rings. The minimum Gasteiger partial charge on any atom is -0.465 e. The lowest BCUT2D eigenvalue weighted by Crippen LogP contribution is -2.66. The van der Waals surface area contributed by atoms with Crippen LogP contribution in [0.2, 0.25) is 0 Å². The molecule has 0 bridgehead atoms. The lowest BCUT2D eigenvalue weighted by atomic mass is 9.33. The van der Waals surface area contributed by atoms with E-state index in [4.69, 9.17) is 9.47 Å². The molecule has 4 fully saturated rings. The molecule has 218 valence electrons. The maximum atomic E-state index is 13.6. The molecule has 3 unspecified atom stereocenters. The number of carbonyl (C=O) groups excluding carboxylic acids is 3. The number of rotatable bonds is 4. The Hall–Kier alpha value is -1.65. The number of hydrogen-bond acceptors (Lipinski definition) is 5. The molecule has 0 aromatic heterocycles. The van der Waals surface area contributed by atoms with Crippen LogP contribution in [0.1, 0.15) is 120 Å². The summed E-state index contributed by atoms with van der Waals surface area (Å²) in [5.74, 6) is 1.53. The predicted octanol–water partition coefficient (Wildman–Crippen LogP) is 7.46. The van der Waals surface area contributed by atoms with E-state index in [1.807, 2.05) is 0 Å².